The van der Waals surface area contributed by atoms with E-state index in [2.05, 4.69) is 0 Å². The SMILES string of the molecule is CC(C)CC(=O)C1CCCCN(c2ccc(F)cc2)C1=O. The van der Waals surface area contributed by atoms with Crippen LogP contribution in [0.4, 0.5) is 10.1 Å². The van der Waals surface area contributed by atoms with Gasteiger partial charge in [-0.25, -0.2) is 4.39 Å². The zero-order valence-corrected chi connectivity index (χ0v) is 12.6. The van der Waals surface area contributed by atoms with Gasteiger partial charge in [-0.1, -0.05) is 20.3 Å². The van der Waals surface area contributed by atoms with Crippen LogP contribution in [0.25, 0.3) is 0 Å². The minimum atomic E-state index is -0.542. The highest BCUT2D eigenvalue weighted by Crippen LogP contribution is 2.26. The Balaban J connectivity index is 2.20. The number of carbonyl (C=O) groups excluding carboxylic acids is 2. The third-order valence-corrected chi connectivity index (χ3v) is 3.83. The monoisotopic (exact) mass is 291 g/mol. The van der Waals surface area contributed by atoms with Crippen LogP contribution in [0.5, 0.6) is 0 Å². The van der Waals surface area contributed by atoms with Crippen LogP contribution in [-0.4, -0.2) is 18.2 Å². The first kappa shape index (κ1) is 15.7. The maximum Gasteiger partial charge on any atom is 0.237 e. The summed E-state index contributed by atoms with van der Waals surface area (Å²) < 4.78 is 13.0. The van der Waals surface area contributed by atoms with Crippen molar-refractivity contribution < 1.29 is 14.0 Å². The Labute approximate surface area is 125 Å². The van der Waals surface area contributed by atoms with Gasteiger partial charge in [0, 0.05) is 18.7 Å². The van der Waals surface area contributed by atoms with E-state index in [0.717, 1.165) is 12.8 Å². The first-order valence-electron chi connectivity index (χ1n) is 7.58. The normalized spacial score (nSPS) is 19.7. The molecule has 0 bridgehead atoms. The number of ketones is 1. The third kappa shape index (κ3) is 3.90. The molecule has 0 radical (unpaired) electrons. The second-order valence-corrected chi connectivity index (χ2v) is 6.08. The van der Waals surface area contributed by atoms with E-state index in [0.29, 0.717) is 25.1 Å². The van der Waals surface area contributed by atoms with E-state index < -0.39 is 5.92 Å². The van der Waals surface area contributed by atoms with Crippen LogP contribution in [0.3, 0.4) is 0 Å². The first-order chi connectivity index (χ1) is 9.99. The molecule has 0 aliphatic carbocycles. The lowest BCUT2D eigenvalue weighted by Crippen LogP contribution is -2.38. The Hall–Kier alpha value is -1.71. The fraction of sp³-hybridized carbons (Fsp3) is 0.529. The van der Waals surface area contributed by atoms with Crippen LogP contribution in [0, 0.1) is 17.7 Å². The molecule has 114 valence electrons. The summed E-state index contributed by atoms with van der Waals surface area (Å²) in [6.07, 6.45) is 2.81. The molecule has 1 atom stereocenters. The van der Waals surface area contributed by atoms with Crippen molar-refractivity contribution in [3.05, 3.63) is 30.1 Å². The average molecular weight is 291 g/mol. The fourth-order valence-electron chi connectivity index (χ4n) is 2.76. The van der Waals surface area contributed by atoms with Crippen LogP contribution in [0.15, 0.2) is 24.3 Å². The van der Waals surface area contributed by atoms with Gasteiger partial charge in [0.05, 0.1) is 5.92 Å². The molecule has 1 fully saturated rings. The number of halogens is 1. The Kier molecular flexibility index (Phi) is 5.10. The van der Waals surface area contributed by atoms with Crippen molar-refractivity contribution in [2.45, 2.75) is 39.5 Å². The highest BCUT2D eigenvalue weighted by Gasteiger charge is 2.32. The summed E-state index contributed by atoms with van der Waals surface area (Å²) >= 11 is 0. The maximum absolute atomic E-state index is 13.0. The minimum Gasteiger partial charge on any atom is -0.312 e. The molecule has 0 spiro atoms. The van der Waals surface area contributed by atoms with Gasteiger partial charge in [-0.15, -0.1) is 0 Å². The Morgan fingerprint density at radius 2 is 1.95 bits per heavy atom. The second-order valence-electron chi connectivity index (χ2n) is 6.08. The highest BCUT2D eigenvalue weighted by atomic mass is 19.1. The van der Waals surface area contributed by atoms with Crippen molar-refractivity contribution in [3.63, 3.8) is 0 Å². The van der Waals surface area contributed by atoms with Crippen molar-refractivity contribution in [1.29, 1.82) is 0 Å². The number of anilines is 1. The summed E-state index contributed by atoms with van der Waals surface area (Å²) in [6, 6.07) is 5.89. The zero-order valence-electron chi connectivity index (χ0n) is 12.6. The van der Waals surface area contributed by atoms with Gasteiger partial charge in [0.25, 0.3) is 0 Å². The number of nitrogens with zero attached hydrogens (tertiary/aromatic N) is 1. The molecule has 1 aromatic rings. The summed E-state index contributed by atoms with van der Waals surface area (Å²) in [5.41, 5.74) is 0.672. The van der Waals surface area contributed by atoms with Crippen LogP contribution in [-0.2, 0) is 9.59 Å². The summed E-state index contributed by atoms with van der Waals surface area (Å²) in [6.45, 7) is 4.56. The Morgan fingerprint density at radius 1 is 1.29 bits per heavy atom. The lowest BCUT2D eigenvalue weighted by atomic mass is 9.92. The molecule has 3 nitrogen and oxygen atoms in total. The van der Waals surface area contributed by atoms with E-state index in [1.165, 1.54) is 12.1 Å². The van der Waals surface area contributed by atoms with Gasteiger partial charge in [-0.3, -0.25) is 9.59 Å². The number of hydrogen-bond acceptors (Lipinski definition) is 2. The molecule has 1 aromatic carbocycles. The molecule has 0 N–H and O–H groups in total. The first-order valence-corrected chi connectivity index (χ1v) is 7.58. The predicted molar refractivity (Wildman–Crippen MR) is 80.6 cm³/mol. The number of Topliss-reactive ketones (excluding diaryl/α,β-unsaturated/α-hetero) is 1. The standard InChI is InChI=1S/C17H22FNO2/c1-12(2)11-16(20)15-5-3-4-10-19(17(15)21)14-8-6-13(18)7-9-14/h6-9,12,15H,3-5,10-11H2,1-2H3. The molecule has 1 aliphatic heterocycles. The van der Waals surface area contributed by atoms with Crippen molar-refractivity contribution in [1.82, 2.24) is 0 Å². The molecule has 21 heavy (non-hydrogen) atoms. The van der Waals surface area contributed by atoms with Crippen LogP contribution in [0.2, 0.25) is 0 Å². The lowest BCUT2D eigenvalue weighted by Gasteiger charge is -2.24. The zero-order chi connectivity index (χ0) is 15.4. The smallest absolute Gasteiger partial charge is 0.237 e. The Bertz CT molecular complexity index is 510. The van der Waals surface area contributed by atoms with Crippen molar-refractivity contribution >= 4 is 17.4 Å². The highest BCUT2D eigenvalue weighted by molar-refractivity contribution is 6.08. The van der Waals surface area contributed by atoms with Gasteiger partial charge in [0.2, 0.25) is 5.91 Å². The van der Waals surface area contributed by atoms with Gasteiger partial charge >= 0.3 is 0 Å². The molecule has 2 rings (SSSR count). The summed E-state index contributed by atoms with van der Waals surface area (Å²) in [4.78, 5) is 26.6. The molecule has 1 unspecified atom stereocenters. The van der Waals surface area contributed by atoms with E-state index in [1.807, 2.05) is 13.8 Å². The summed E-state index contributed by atoms with van der Waals surface area (Å²) in [5.74, 6) is -0.713. The third-order valence-electron chi connectivity index (χ3n) is 3.83. The van der Waals surface area contributed by atoms with Gasteiger partial charge in [0.1, 0.15) is 11.6 Å². The molecular weight excluding hydrogens is 269 g/mol. The van der Waals surface area contributed by atoms with Crippen molar-refractivity contribution in [3.8, 4) is 0 Å². The minimum absolute atomic E-state index is 0.0315. The molecule has 0 saturated carbocycles. The molecule has 1 saturated heterocycles. The quantitative estimate of drug-likeness (QED) is 0.795. The summed E-state index contributed by atoms with van der Waals surface area (Å²) in [7, 11) is 0. The number of hydrogen-bond donors (Lipinski definition) is 0. The molecule has 1 heterocycles. The fourth-order valence-corrected chi connectivity index (χ4v) is 2.76. The van der Waals surface area contributed by atoms with E-state index in [-0.39, 0.29) is 23.4 Å². The van der Waals surface area contributed by atoms with Crippen LogP contribution >= 0.6 is 0 Å². The predicted octanol–water partition coefficient (Wildman–Crippen LogP) is 3.57. The van der Waals surface area contributed by atoms with Crippen LogP contribution in [0.1, 0.15) is 39.5 Å². The second kappa shape index (κ2) is 6.83. The molecule has 1 aliphatic rings. The molecular formula is C17H22FNO2. The largest absolute Gasteiger partial charge is 0.312 e. The average Bonchev–Trinajstić information content (AvgIpc) is 2.61. The Morgan fingerprint density at radius 3 is 2.57 bits per heavy atom. The van der Waals surface area contributed by atoms with Gasteiger partial charge in [-0.2, -0.15) is 0 Å². The molecule has 4 heteroatoms. The van der Waals surface area contributed by atoms with E-state index in [1.54, 1.807) is 17.0 Å². The van der Waals surface area contributed by atoms with Crippen LogP contribution < -0.4 is 4.90 Å². The van der Waals surface area contributed by atoms with Crippen molar-refractivity contribution in [2.75, 3.05) is 11.4 Å². The number of carbonyl (C=O) groups is 2. The van der Waals surface area contributed by atoms with E-state index in [9.17, 15) is 14.0 Å². The van der Waals surface area contributed by atoms with Gasteiger partial charge in [0.15, 0.2) is 0 Å². The van der Waals surface area contributed by atoms with E-state index >= 15 is 0 Å². The maximum atomic E-state index is 13.0. The number of amides is 1. The lowest BCUT2D eigenvalue weighted by molar-refractivity contribution is -0.132. The number of benzene rings is 1. The number of rotatable bonds is 4. The van der Waals surface area contributed by atoms with Gasteiger partial charge in [-0.05, 0) is 43.0 Å². The summed E-state index contributed by atoms with van der Waals surface area (Å²) in [5, 5.41) is 0. The molecule has 0 aromatic heterocycles. The topological polar surface area (TPSA) is 37.4 Å². The molecule has 1 amide bonds. The van der Waals surface area contributed by atoms with Gasteiger partial charge < -0.3 is 4.90 Å². The van der Waals surface area contributed by atoms with E-state index in [4.69, 9.17) is 0 Å². The van der Waals surface area contributed by atoms with Crippen molar-refractivity contribution in [2.24, 2.45) is 11.8 Å².